The molecule has 37 heavy (non-hydrogen) atoms. The lowest BCUT2D eigenvalue weighted by Gasteiger charge is -2.43. The highest BCUT2D eigenvalue weighted by Crippen LogP contribution is 2.51. The molecule has 5 rings (SSSR count). The predicted molar refractivity (Wildman–Crippen MR) is 144 cm³/mol. The monoisotopic (exact) mass is 498 g/mol. The van der Waals surface area contributed by atoms with Gasteiger partial charge in [0.2, 0.25) is 0 Å². The number of pyridine rings is 1. The van der Waals surface area contributed by atoms with Crippen LogP contribution in [0.5, 0.6) is 5.75 Å². The summed E-state index contributed by atoms with van der Waals surface area (Å²) in [5, 5.41) is 0. The van der Waals surface area contributed by atoms with E-state index in [1.54, 1.807) is 19.5 Å². The number of esters is 1. The molecule has 0 radical (unpaired) electrons. The molecule has 0 bridgehead atoms. The van der Waals surface area contributed by atoms with Gasteiger partial charge in [0.25, 0.3) is 0 Å². The Balaban J connectivity index is 1.58. The number of hydroxylamine groups is 1. The Hall–Kier alpha value is -3.64. The van der Waals surface area contributed by atoms with Gasteiger partial charge in [-0.2, -0.15) is 0 Å². The Morgan fingerprint density at radius 2 is 1.81 bits per heavy atom. The van der Waals surface area contributed by atoms with Crippen LogP contribution in [0.3, 0.4) is 0 Å². The highest BCUT2D eigenvalue weighted by Gasteiger charge is 2.52. The third-order valence-corrected chi connectivity index (χ3v) is 7.12. The number of rotatable bonds is 5. The first-order valence-corrected chi connectivity index (χ1v) is 12.8. The van der Waals surface area contributed by atoms with E-state index < -0.39 is 11.2 Å². The average Bonchev–Trinajstić information content (AvgIpc) is 3.32. The summed E-state index contributed by atoms with van der Waals surface area (Å²) in [6.45, 7) is 5.73. The van der Waals surface area contributed by atoms with Crippen LogP contribution in [0.2, 0.25) is 0 Å². The van der Waals surface area contributed by atoms with Crippen molar-refractivity contribution in [3.63, 3.8) is 0 Å². The van der Waals surface area contributed by atoms with Crippen LogP contribution in [0, 0.1) is 5.92 Å². The van der Waals surface area contributed by atoms with Gasteiger partial charge < -0.3 is 9.47 Å². The molecule has 192 valence electrons. The molecular formula is C31H34N2O4. The molecule has 2 heterocycles. The standard InChI is InChI=1S/C31H34N2O4/c1-30(2,3)36-29(34)24-11-8-16-31(28(24)22-9-6-5-7-10-22)20-26(33-37-31)25-19-23(12-13-27(25)35-4)21-14-17-32-18-15-21/h5-7,9-10,12-15,17-20,24,28,33H,8,11,16H2,1-4H3/t24?,28-,31+/m1/s1. The van der Waals surface area contributed by atoms with Gasteiger partial charge in [-0.3, -0.25) is 20.1 Å². The van der Waals surface area contributed by atoms with Gasteiger partial charge in [-0.1, -0.05) is 36.4 Å². The molecular weight excluding hydrogens is 464 g/mol. The number of hydrogen-bond acceptors (Lipinski definition) is 6. The topological polar surface area (TPSA) is 69.7 Å². The summed E-state index contributed by atoms with van der Waals surface area (Å²) in [6, 6.07) is 20.2. The number of nitrogens with zero attached hydrogens (tertiary/aromatic N) is 1. The number of carbonyl (C=O) groups excluding carboxylic acids is 1. The lowest BCUT2D eigenvalue weighted by Crippen LogP contribution is -2.47. The van der Waals surface area contributed by atoms with Crippen LogP contribution in [0.1, 0.15) is 57.1 Å². The van der Waals surface area contributed by atoms with E-state index in [0.29, 0.717) is 0 Å². The van der Waals surface area contributed by atoms with Crippen molar-refractivity contribution in [3.05, 3.63) is 90.3 Å². The smallest absolute Gasteiger partial charge is 0.310 e. The second-order valence-corrected chi connectivity index (χ2v) is 10.8. The van der Waals surface area contributed by atoms with E-state index in [9.17, 15) is 4.79 Å². The van der Waals surface area contributed by atoms with E-state index in [-0.39, 0.29) is 17.8 Å². The summed E-state index contributed by atoms with van der Waals surface area (Å²) < 4.78 is 11.6. The van der Waals surface area contributed by atoms with Gasteiger partial charge in [-0.25, -0.2) is 0 Å². The lowest BCUT2D eigenvalue weighted by molar-refractivity contribution is -0.168. The number of carbonyl (C=O) groups is 1. The SMILES string of the molecule is COc1ccc(-c2ccncc2)cc1C1=C[C@]2(CCCC(C(=O)OC(C)(C)C)[C@H]2c2ccccc2)ON1. The summed E-state index contributed by atoms with van der Waals surface area (Å²) in [4.78, 5) is 24.0. The van der Waals surface area contributed by atoms with E-state index >= 15 is 0 Å². The molecule has 3 atom stereocenters. The molecule has 6 nitrogen and oxygen atoms in total. The van der Waals surface area contributed by atoms with E-state index in [1.165, 1.54) is 0 Å². The van der Waals surface area contributed by atoms with E-state index in [2.05, 4.69) is 34.7 Å². The van der Waals surface area contributed by atoms with Crippen LogP contribution in [0.25, 0.3) is 16.8 Å². The molecule has 6 heteroatoms. The summed E-state index contributed by atoms with van der Waals surface area (Å²) in [5.41, 5.74) is 6.87. The zero-order chi connectivity index (χ0) is 26.0. The fourth-order valence-electron chi connectivity index (χ4n) is 5.57. The summed E-state index contributed by atoms with van der Waals surface area (Å²) in [6.07, 6.45) is 8.11. The van der Waals surface area contributed by atoms with E-state index in [0.717, 1.165) is 53.0 Å². The van der Waals surface area contributed by atoms with Crippen LogP contribution >= 0.6 is 0 Å². The van der Waals surface area contributed by atoms with Crippen LogP contribution in [0.4, 0.5) is 0 Å². The van der Waals surface area contributed by atoms with Gasteiger partial charge in [-0.05, 0) is 87.1 Å². The minimum Gasteiger partial charge on any atom is -0.496 e. The molecule has 1 aliphatic carbocycles. The molecule has 1 saturated carbocycles. The van der Waals surface area contributed by atoms with Crippen molar-refractivity contribution < 1.29 is 19.1 Å². The predicted octanol–water partition coefficient (Wildman–Crippen LogP) is 6.30. The van der Waals surface area contributed by atoms with Crippen LogP contribution in [-0.4, -0.2) is 29.3 Å². The van der Waals surface area contributed by atoms with Crippen molar-refractivity contribution in [2.75, 3.05) is 7.11 Å². The first-order chi connectivity index (χ1) is 17.8. The molecule has 1 spiro atoms. The molecule has 1 aromatic heterocycles. The molecule has 2 aliphatic rings. The third-order valence-electron chi connectivity index (χ3n) is 7.12. The Kier molecular flexibility index (Phi) is 6.78. The number of methoxy groups -OCH3 is 1. The minimum absolute atomic E-state index is 0.178. The van der Waals surface area contributed by atoms with E-state index in [1.807, 2.05) is 63.2 Å². The first kappa shape index (κ1) is 25.0. The molecule has 0 amide bonds. The maximum atomic E-state index is 13.4. The largest absolute Gasteiger partial charge is 0.496 e. The van der Waals surface area contributed by atoms with Crippen molar-refractivity contribution in [2.24, 2.45) is 5.92 Å². The fourth-order valence-corrected chi connectivity index (χ4v) is 5.57. The van der Waals surface area contributed by atoms with Gasteiger partial charge in [0.15, 0.2) is 0 Å². The van der Waals surface area contributed by atoms with Crippen molar-refractivity contribution in [2.45, 2.75) is 57.2 Å². The summed E-state index contributed by atoms with van der Waals surface area (Å²) in [5.74, 6) is 0.0469. The molecule has 3 aromatic rings. The zero-order valence-electron chi connectivity index (χ0n) is 21.9. The highest BCUT2D eigenvalue weighted by molar-refractivity contribution is 5.78. The molecule has 0 saturated heterocycles. The molecule has 1 fully saturated rings. The molecule has 1 N–H and O–H groups in total. The van der Waals surface area contributed by atoms with E-state index in [4.69, 9.17) is 14.3 Å². The lowest BCUT2D eigenvalue weighted by atomic mass is 9.65. The Bertz CT molecular complexity index is 1280. The van der Waals surface area contributed by atoms with Crippen LogP contribution in [0.15, 0.2) is 79.1 Å². The van der Waals surface area contributed by atoms with Crippen molar-refractivity contribution >= 4 is 11.7 Å². The van der Waals surface area contributed by atoms with Gasteiger partial charge in [0, 0.05) is 23.9 Å². The number of benzene rings is 2. The zero-order valence-corrected chi connectivity index (χ0v) is 21.9. The molecule has 1 unspecified atom stereocenters. The fraction of sp³-hybridized carbons (Fsp3) is 0.355. The van der Waals surface area contributed by atoms with Gasteiger partial charge in [0.05, 0.1) is 18.7 Å². The second-order valence-electron chi connectivity index (χ2n) is 10.8. The average molecular weight is 499 g/mol. The van der Waals surface area contributed by atoms with Gasteiger partial charge in [0.1, 0.15) is 17.0 Å². The first-order valence-electron chi connectivity index (χ1n) is 12.8. The normalized spacial score (nSPS) is 23.3. The minimum atomic E-state index is -0.700. The quantitative estimate of drug-likeness (QED) is 0.417. The maximum Gasteiger partial charge on any atom is 0.310 e. The molecule has 2 aromatic carbocycles. The number of aromatic nitrogens is 1. The van der Waals surface area contributed by atoms with Gasteiger partial charge in [-0.15, -0.1) is 0 Å². The van der Waals surface area contributed by atoms with Crippen LogP contribution in [-0.2, 0) is 14.4 Å². The van der Waals surface area contributed by atoms with Crippen LogP contribution < -0.4 is 10.2 Å². The Morgan fingerprint density at radius 3 is 2.51 bits per heavy atom. The number of ether oxygens (including phenoxy) is 2. The summed E-state index contributed by atoms with van der Waals surface area (Å²) >= 11 is 0. The van der Waals surface area contributed by atoms with Crippen molar-refractivity contribution in [1.82, 2.24) is 10.5 Å². The Morgan fingerprint density at radius 1 is 1.05 bits per heavy atom. The summed E-state index contributed by atoms with van der Waals surface area (Å²) in [7, 11) is 1.67. The van der Waals surface area contributed by atoms with Gasteiger partial charge >= 0.3 is 5.97 Å². The Labute approximate surface area is 218 Å². The number of hydrogen-bond donors (Lipinski definition) is 1. The van der Waals surface area contributed by atoms with Crippen molar-refractivity contribution in [1.29, 1.82) is 0 Å². The van der Waals surface area contributed by atoms with Crippen molar-refractivity contribution in [3.8, 4) is 16.9 Å². The number of nitrogens with one attached hydrogen (secondary N) is 1. The highest BCUT2D eigenvalue weighted by atomic mass is 16.7. The second kappa shape index (κ2) is 10.0. The molecule has 1 aliphatic heterocycles. The maximum absolute atomic E-state index is 13.4. The third kappa shape index (κ3) is 5.12.